The summed E-state index contributed by atoms with van der Waals surface area (Å²) >= 11 is 0. The van der Waals surface area contributed by atoms with Gasteiger partial charge in [-0.15, -0.1) is 0 Å². The Morgan fingerprint density at radius 3 is 2.32 bits per heavy atom. The molecule has 0 atom stereocenters. The first-order valence-corrected chi connectivity index (χ1v) is 10.9. The lowest BCUT2D eigenvalue weighted by molar-refractivity contribution is -0.116. The van der Waals surface area contributed by atoms with Crippen molar-refractivity contribution in [2.75, 3.05) is 16.0 Å². The Morgan fingerprint density at radius 2 is 1.58 bits per heavy atom. The van der Waals surface area contributed by atoms with Crippen LogP contribution in [0.15, 0.2) is 61.1 Å². The van der Waals surface area contributed by atoms with Gasteiger partial charge in [0, 0.05) is 30.1 Å². The number of hydrogen-bond donors (Lipinski definition) is 3. The van der Waals surface area contributed by atoms with E-state index in [0.717, 1.165) is 29.5 Å². The molecule has 3 aromatic rings. The molecular formula is C24H28N6O. The Morgan fingerprint density at radius 1 is 0.839 bits per heavy atom. The molecular weight excluding hydrogens is 388 g/mol. The Labute approximate surface area is 182 Å². The molecule has 0 unspecified atom stereocenters. The van der Waals surface area contributed by atoms with Crippen LogP contribution in [0, 0.1) is 5.92 Å². The number of carbonyl (C=O) groups excluding carboxylic acids is 1. The summed E-state index contributed by atoms with van der Waals surface area (Å²) in [6, 6.07) is 15.1. The predicted octanol–water partition coefficient (Wildman–Crippen LogP) is 5.66. The van der Waals surface area contributed by atoms with Gasteiger partial charge in [0.1, 0.15) is 23.8 Å². The third-order valence-electron chi connectivity index (χ3n) is 5.53. The van der Waals surface area contributed by atoms with E-state index < -0.39 is 0 Å². The maximum atomic E-state index is 12.3. The number of nitrogens with zero attached hydrogens (tertiary/aromatic N) is 3. The fraction of sp³-hybridized carbons (Fsp3) is 0.333. The van der Waals surface area contributed by atoms with Gasteiger partial charge in [-0.3, -0.25) is 4.79 Å². The van der Waals surface area contributed by atoms with Gasteiger partial charge in [0.2, 0.25) is 5.91 Å². The molecule has 1 saturated carbocycles. The minimum Gasteiger partial charge on any atom is -0.340 e. The topological polar surface area (TPSA) is 91.8 Å². The summed E-state index contributed by atoms with van der Waals surface area (Å²) in [4.78, 5) is 25.0. The van der Waals surface area contributed by atoms with E-state index in [9.17, 15) is 4.79 Å². The SMILES string of the molecule is O=C(CCC1CCCCC1)Nc1ccc(Nc2cc(Nc3ccccn3)ncn2)cc1. The first-order valence-electron chi connectivity index (χ1n) is 10.9. The van der Waals surface area contributed by atoms with Crippen LogP contribution in [0.4, 0.5) is 28.8 Å². The van der Waals surface area contributed by atoms with Crippen molar-refractivity contribution in [2.45, 2.75) is 44.9 Å². The molecule has 2 aromatic heterocycles. The second kappa shape index (κ2) is 10.5. The number of anilines is 5. The highest BCUT2D eigenvalue weighted by Crippen LogP contribution is 2.27. The number of aromatic nitrogens is 3. The van der Waals surface area contributed by atoms with Crippen LogP contribution in [0.5, 0.6) is 0 Å². The number of hydrogen-bond acceptors (Lipinski definition) is 6. The van der Waals surface area contributed by atoms with Crippen LogP contribution < -0.4 is 16.0 Å². The van der Waals surface area contributed by atoms with Gasteiger partial charge in [0.25, 0.3) is 0 Å². The van der Waals surface area contributed by atoms with Gasteiger partial charge in [-0.25, -0.2) is 15.0 Å². The van der Waals surface area contributed by atoms with Crippen LogP contribution in [-0.2, 0) is 4.79 Å². The van der Waals surface area contributed by atoms with Crippen LogP contribution in [0.1, 0.15) is 44.9 Å². The van der Waals surface area contributed by atoms with Crippen LogP contribution >= 0.6 is 0 Å². The minimum absolute atomic E-state index is 0.0901. The molecule has 0 saturated heterocycles. The summed E-state index contributed by atoms with van der Waals surface area (Å²) < 4.78 is 0. The van der Waals surface area contributed by atoms with E-state index in [1.54, 1.807) is 6.20 Å². The standard InChI is InChI=1S/C24H28N6O/c31-24(14-9-18-6-2-1-3-7-18)29-20-12-10-19(11-13-20)28-22-16-23(27-17-26-22)30-21-8-4-5-15-25-21/h4-5,8,10-13,15-18H,1-3,6-7,9,14H2,(H,29,31)(H2,25,26,27,28,30). The van der Waals surface area contributed by atoms with E-state index in [2.05, 4.69) is 30.9 Å². The second-order valence-electron chi connectivity index (χ2n) is 7.92. The van der Waals surface area contributed by atoms with Crippen molar-refractivity contribution < 1.29 is 4.79 Å². The lowest BCUT2D eigenvalue weighted by Crippen LogP contribution is -2.14. The molecule has 1 fully saturated rings. The molecule has 2 heterocycles. The van der Waals surface area contributed by atoms with Crippen molar-refractivity contribution in [2.24, 2.45) is 5.92 Å². The highest BCUT2D eigenvalue weighted by Gasteiger charge is 2.14. The van der Waals surface area contributed by atoms with Gasteiger partial charge in [-0.05, 0) is 48.7 Å². The molecule has 0 spiro atoms. The number of rotatable bonds is 8. The van der Waals surface area contributed by atoms with Gasteiger partial charge in [-0.2, -0.15) is 0 Å². The maximum Gasteiger partial charge on any atom is 0.224 e. The second-order valence-corrected chi connectivity index (χ2v) is 7.92. The molecule has 1 aliphatic carbocycles. The third-order valence-corrected chi connectivity index (χ3v) is 5.53. The van der Waals surface area contributed by atoms with Crippen molar-refractivity contribution >= 4 is 34.7 Å². The quantitative estimate of drug-likeness (QED) is 0.439. The molecule has 31 heavy (non-hydrogen) atoms. The molecule has 1 amide bonds. The van der Waals surface area contributed by atoms with Gasteiger partial charge in [0.15, 0.2) is 0 Å². The smallest absolute Gasteiger partial charge is 0.224 e. The van der Waals surface area contributed by atoms with Crippen molar-refractivity contribution in [1.82, 2.24) is 15.0 Å². The largest absolute Gasteiger partial charge is 0.340 e. The van der Waals surface area contributed by atoms with Crippen LogP contribution in [0.2, 0.25) is 0 Å². The van der Waals surface area contributed by atoms with E-state index in [1.165, 1.54) is 38.4 Å². The summed E-state index contributed by atoms with van der Waals surface area (Å²) in [5.41, 5.74) is 1.68. The fourth-order valence-corrected chi connectivity index (χ4v) is 3.88. The molecule has 0 aliphatic heterocycles. The van der Waals surface area contributed by atoms with Crippen LogP contribution in [0.3, 0.4) is 0 Å². The Kier molecular flexibility index (Phi) is 7.05. The van der Waals surface area contributed by atoms with Crippen molar-refractivity contribution in [3.63, 3.8) is 0 Å². The van der Waals surface area contributed by atoms with Gasteiger partial charge >= 0.3 is 0 Å². The van der Waals surface area contributed by atoms with Crippen molar-refractivity contribution in [3.05, 3.63) is 61.1 Å². The molecule has 1 aromatic carbocycles. The zero-order valence-electron chi connectivity index (χ0n) is 17.6. The number of nitrogens with one attached hydrogen (secondary N) is 3. The molecule has 7 heteroatoms. The van der Waals surface area contributed by atoms with Crippen LogP contribution in [-0.4, -0.2) is 20.9 Å². The normalized spacial score (nSPS) is 14.1. The Bertz CT molecular complexity index is 971. The van der Waals surface area contributed by atoms with E-state index in [4.69, 9.17) is 0 Å². The molecule has 7 nitrogen and oxygen atoms in total. The van der Waals surface area contributed by atoms with Gasteiger partial charge in [-0.1, -0.05) is 38.2 Å². The van der Waals surface area contributed by atoms with E-state index in [0.29, 0.717) is 18.1 Å². The lowest BCUT2D eigenvalue weighted by atomic mass is 9.86. The molecule has 160 valence electrons. The fourth-order valence-electron chi connectivity index (χ4n) is 3.88. The van der Waals surface area contributed by atoms with Gasteiger partial charge in [0.05, 0.1) is 0 Å². The van der Waals surface area contributed by atoms with Gasteiger partial charge < -0.3 is 16.0 Å². The third kappa shape index (κ3) is 6.50. The summed E-state index contributed by atoms with van der Waals surface area (Å²) in [6.45, 7) is 0. The summed E-state index contributed by atoms with van der Waals surface area (Å²) in [5.74, 6) is 2.84. The average Bonchev–Trinajstić information content (AvgIpc) is 2.81. The highest BCUT2D eigenvalue weighted by atomic mass is 16.1. The van der Waals surface area contributed by atoms with E-state index in [1.807, 2.05) is 48.5 Å². The van der Waals surface area contributed by atoms with Crippen LogP contribution in [0.25, 0.3) is 0 Å². The Balaban J connectivity index is 1.28. The first-order chi connectivity index (χ1) is 15.2. The molecule has 0 bridgehead atoms. The molecule has 4 rings (SSSR count). The zero-order valence-corrected chi connectivity index (χ0v) is 17.6. The molecule has 1 aliphatic rings. The maximum absolute atomic E-state index is 12.3. The Hall–Kier alpha value is -3.48. The summed E-state index contributed by atoms with van der Waals surface area (Å²) in [6.07, 6.45) is 11.3. The molecule has 3 N–H and O–H groups in total. The predicted molar refractivity (Wildman–Crippen MR) is 124 cm³/mol. The number of pyridine rings is 1. The summed E-state index contributed by atoms with van der Waals surface area (Å²) in [5, 5.41) is 9.40. The summed E-state index contributed by atoms with van der Waals surface area (Å²) in [7, 11) is 0. The van der Waals surface area contributed by atoms with E-state index in [-0.39, 0.29) is 5.91 Å². The van der Waals surface area contributed by atoms with E-state index >= 15 is 0 Å². The lowest BCUT2D eigenvalue weighted by Gasteiger charge is -2.21. The van der Waals surface area contributed by atoms with Crippen molar-refractivity contribution in [1.29, 1.82) is 0 Å². The zero-order chi connectivity index (χ0) is 21.3. The molecule has 0 radical (unpaired) electrons. The average molecular weight is 417 g/mol. The first kappa shape index (κ1) is 20.8. The van der Waals surface area contributed by atoms with Crippen molar-refractivity contribution in [3.8, 4) is 0 Å². The highest BCUT2D eigenvalue weighted by molar-refractivity contribution is 5.90. The number of carbonyl (C=O) groups is 1. The number of benzene rings is 1. The number of amides is 1. The monoisotopic (exact) mass is 416 g/mol. The minimum atomic E-state index is 0.0901.